The Bertz CT molecular complexity index is 99.9. The van der Waals surface area contributed by atoms with E-state index in [1.165, 1.54) is 0 Å². The highest BCUT2D eigenvalue weighted by Crippen LogP contribution is 1.85. The van der Waals surface area contributed by atoms with Gasteiger partial charge >= 0.3 is 0 Å². The lowest BCUT2D eigenvalue weighted by Gasteiger charge is -1.97. The molecule has 0 aromatic carbocycles. The molecule has 0 aromatic rings. The molecule has 60 valence electrons. The molecule has 0 unspecified atom stereocenters. The monoisotopic (exact) mass is 144 g/mol. The van der Waals surface area contributed by atoms with Gasteiger partial charge in [-0.05, 0) is 19.4 Å². The molecule has 0 fully saturated rings. The lowest BCUT2D eigenvalue weighted by molar-refractivity contribution is 0.753. The van der Waals surface area contributed by atoms with Crippen molar-refractivity contribution in [3.63, 3.8) is 0 Å². The molecule has 0 heterocycles. The van der Waals surface area contributed by atoms with Crippen LogP contribution in [0.3, 0.4) is 0 Å². The van der Waals surface area contributed by atoms with E-state index in [-0.39, 0.29) is 0 Å². The van der Waals surface area contributed by atoms with Crippen LogP contribution in [0.2, 0.25) is 0 Å². The molecule has 4 nitrogen and oxygen atoms in total. The Morgan fingerprint density at radius 1 is 1.50 bits per heavy atom. The van der Waals surface area contributed by atoms with Gasteiger partial charge in [0.05, 0.1) is 0 Å². The molecule has 5 N–H and O–H groups in total. The molecular formula is C6H16N4. The van der Waals surface area contributed by atoms with Crippen LogP contribution >= 0.6 is 0 Å². The first-order chi connectivity index (χ1) is 4.81. The smallest absolute Gasteiger partial charge is 0.188 e. The molecule has 0 rings (SSSR count). The van der Waals surface area contributed by atoms with Crippen LogP contribution in [0, 0.1) is 0 Å². The minimum atomic E-state index is 0.497. The predicted octanol–water partition coefficient (Wildman–Crippen LogP) is -0.741. The Morgan fingerprint density at radius 3 is 2.70 bits per heavy atom. The van der Waals surface area contributed by atoms with E-state index in [9.17, 15) is 0 Å². The van der Waals surface area contributed by atoms with E-state index >= 15 is 0 Å². The van der Waals surface area contributed by atoms with Crippen molar-refractivity contribution in [1.82, 2.24) is 5.32 Å². The van der Waals surface area contributed by atoms with Crippen LogP contribution < -0.4 is 16.8 Å². The van der Waals surface area contributed by atoms with Gasteiger partial charge in [-0.15, -0.1) is 0 Å². The summed E-state index contributed by atoms with van der Waals surface area (Å²) in [6, 6.07) is 0. The van der Waals surface area contributed by atoms with Crippen molar-refractivity contribution in [3.8, 4) is 0 Å². The SMILES string of the molecule is CN/C(N)=N/CCCCN. The van der Waals surface area contributed by atoms with Gasteiger partial charge < -0.3 is 16.8 Å². The zero-order valence-electron chi connectivity index (χ0n) is 6.43. The third kappa shape index (κ3) is 5.37. The number of hydrogen-bond donors (Lipinski definition) is 3. The maximum atomic E-state index is 5.36. The number of nitrogens with one attached hydrogen (secondary N) is 1. The van der Waals surface area contributed by atoms with Crippen molar-refractivity contribution in [2.45, 2.75) is 12.8 Å². The number of nitrogens with two attached hydrogens (primary N) is 2. The van der Waals surface area contributed by atoms with Crippen molar-refractivity contribution in [1.29, 1.82) is 0 Å². The van der Waals surface area contributed by atoms with E-state index < -0.39 is 0 Å². The maximum absolute atomic E-state index is 5.36. The van der Waals surface area contributed by atoms with Crippen LogP contribution in [0.15, 0.2) is 4.99 Å². The highest BCUT2D eigenvalue weighted by atomic mass is 15.1. The molecule has 0 atom stereocenters. The van der Waals surface area contributed by atoms with E-state index in [1.807, 2.05) is 0 Å². The summed E-state index contributed by atoms with van der Waals surface area (Å²) in [4.78, 5) is 4.01. The fraction of sp³-hybridized carbons (Fsp3) is 0.833. The van der Waals surface area contributed by atoms with Gasteiger partial charge in [-0.25, -0.2) is 0 Å². The van der Waals surface area contributed by atoms with Gasteiger partial charge in [-0.3, -0.25) is 4.99 Å². The van der Waals surface area contributed by atoms with E-state index in [0.717, 1.165) is 25.9 Å². The summed E-state index contributed by atoms with van der Waals surface area (Å²) in [5.74, 6) is 0.497. The van der Waals surface area contributed by atoms with Crippen LogP contribution in [0.5, 0.6) is 0 Å². The highest BCUT2D eigenvalue weighted by molar-refractivity contribution is 5.77. The molecule has 0 aliphatic carbocycles. The zero-order valence-corrected chi connectivity index (χ0v) is 6.43. The minimum Gasteiger partial charge on any atom is -0.370 e. The first kappa shape index (κ1) is 9.23. The van der Waals surface area contributed by atoms with Gasteiger partial charge in [-0.1, -0.05) is 0 Å². The Hall–Kier alpha value is -0.770. The molecule has 4 heteroatoms. The van der Waals surface area contributed by atoms with Gasteiger partial charge in [0.15, 0.2) is 5.96 Å². The Balaban J connectivity index is 3.16. The van der Waals surface area contributed by atoms with Crippen molar-refractivity contribution in [3.05, 3.63) is 0 Å². The average molecular weight is 144 g/mol. The fourth-order valence-corrected chi connectivity index (χ4v) is 0.535. The second kappa shape index (κ2) is 6.35. The number of rotatable bonds is 4. The molecule has 0 aliphatic heterocycles. The van der Waals surface area contributed by atoms with E-state index in [2.05, 4.69) is 10.3 Å². The lowest BCUT2D eigenvalue weighted by Crippen LogP contribution is -2.27. The Kier molecular flexibility index (Phi) is 5.86. The van der Waals surface area contributed by atoms with Gasteiger partial charge in [0, 0.05) is 13.6 Å². The van der Waals surface area contributed by atoms with E-state index in [4.69, 9.17) is 11.5 Å². The Morgan fingerprint density at radius 2 is 2.20 bits per heavy atom. The van der Waals surface area contributed by atoms with Crippen LogP contribution in [0.4, 0.5) is 0 Å². The minimum absolute atomic E-state index is 0.497. The summed E-state index contributed by atoms with van der Waals surface area (Å²) in [6.45, 7) is 1.50. The van der Waals surface area contributed by atoms with Crippen molar-refractivity contribution in [2.75, 3.05) is 20.1 Å². The molecule has 0 aliphatic rings. The topological polar surface area (TPSA) is 76.4 Å². The summed E-state index contributed by atoms with van der Waals surface area (Å²) in [6.07, 6.45) is 2.03. The summed E-state index contributed by atoms with van der Waals surface area (Å²) in [5, 5.41) is 2.74. The van der Waals surface area contributed by atoms with Gasteiger partial charge in [0.25, 0.3) is 0 Å². The van der Waals surface area contributed by atoms with Gasteiger partial charge in [0.1, 0.15) is 0 Å². The van der Waals surface area contributed by atoms with Crippen molar-refractivity contribution >= 4 is 5.96 Å². The predicted molar refractivity (Wildman–Crippen MR) is 43.8 cm³/mol. The van der Waals surface area contributed by atoms with Crippen molar-refractivity contribution < 1.29 is 0 Å². The van der Waals surface area contributed by atoms with Crippen LogP contribution in [0.25, 0.3) is 0 Å². The number of nitrogens with zero attached hydrogens (tertiary/aromatic N) is 1. The molecule has 0 amide bonds. The highest BCUT2D eigenvalue weighted by Gasteiger charge is 1.84. The first-order valence-corrected chi connectivity index (χ1v) is 3.49. The number of aliphatic imine (C=N–C) groups is 1. The first-order valence-electron chi connectivity index (χ1n) is 3.49. The second-order valence-corrected chi connectivity index (χ2v) is 2.01. The van der Waals surface area contributed by atoms with Gasteiger partial charge in [0.2, 0.25) is 0 Å². The van der Waals surface area contributed by atoms with E-state index in [0.29, 0.717) is 5.96 Å². The second-order valence-electron chi connectivity index (χ2n) is 2.01. The molecule has 0 saturated heterocycles. The molecule has 0 bridgehead atoms. The molecular weight excluding hydrogens is 128 g/mol. The normalized spacial score (nSPS) is 11.6. The van der Waals surface area contributed by atoms with Crippen LogP contribution in [-0.2, 0) is 0 Å². The standard InChI is InChI=1S/C6H16N4/c1-9-6(8)10-5-3-2-4-7/h2-5,7H2,1H3,(H3,8,9,10). The van der Waals surface area contributed by atoms with Crippen molar-refractivity contribution in [2.24, 2.45) is 16.5 Å². The lowest BCUT2D eigenvalue weighted by atomic mass is 10.3. The summed E-state index contributed by atoms with van der Waals surface area (Å²) in [7, 11) is 1.75. The average Bonchev–Trinajstić information content (AvgIpc) is 1.98. The zero-order chi connectivity index (χ0) is 7.82. The number of unbranched alkanes of at least 4 members (excludes halogenated alkanes) is 1. The molecule has 0 radical (unpaired) electrons. The van der Waals surface area contributed by atoms with Crippen LogP contribution in [0.1, 0.15) is 12.8 Å². The molecule has 0 aromatic heterocycles. The maximum Gasteiger partial charge on any atom is 0.188 e. The van der Waals surface area contributed by atoms with Gasteiger partial charge in [-0.2, -0.15) is 0 Å². The van der Waals surface area contributed by atoms with Crippen LogP contribution in [-0.4, -0.2) is 26.1 Å². The summed E-state index contributed by atoms with van der Waals surface area (Å²) < 4.78 is 0. The fourth-order valence-electron chi connectivity index (χ4n) is 0.535. The Labute approximate surface area is 61.7 Å². The number of hydrogen-bond acceptors (Lipinski definition) is 2. The summed E-state index contributed by atoms with van der Waals surface area (Å²) in [5.41, 5.74) is 10.6. The third-order valence-electron chi connectivity index (χ3n) is 1.15. The number of guanidine groups is 1. The van der Waals surface area contributed by atoms with E-state index in [1.54, 1.807) is 7.05 Å². The molecule has 0 spiro atoms. The quantitative estimate of drug-likeness (QED) is 0.276. The molecule has 10 heavy (non-hydrogen) atoms. The third-order valence-corrected chi connectivity index (χ3v) is 1.15. The largest absolute Gasteiger partial charge is 0.370 e. The molecule has 0 saturated carbocycles. The summed E-state index contributed by atoms with van der Waals surface area (Å²) >= 11 is 0.